The number of anilines is 1. The topological polar surface area (TPSA) is 55.4 Å². The highest BCUT2D eigenvalue weighted by atomic mass is 35.5. The van der Waals surface area contributed by atoms with Gasteiger partial charge in [-0.1, -0.05) is 41.9 Å². The smallest absolute Gasteiger partial charge is 0.339 e. The Morgan fingerprint density at radius 2 is 1.74 bits per heavy atom. The molecule has 0 radical (unpaired) electrons. The molecule has 0 aliphatic carbocycles. The van der Waals surface area contributed by atoms with Gasteiger partial charge in [0.25, 0.3) is 5.91 Å². The number of carbonyl (C=O) groups excluding carboxylic acids is 2. The van der Waals surface area contributed by atoms with Crippen molar-refractivity contribution >= 4 is 29.2 Å². The van der Waals surface area contributed by atoms with Gasteiger partial charge in [0.05, 0.1) is 5.56 Å². The molecule has 4 nitrogen and oxygen atoms in total. The number of ether oxygens (including phenoxy) is 1. The molecule has 0 spiro atoms. The Bertz CT molecular complexity index is 1000. The number of halogens is 1. The highest BCUT2D eigenvalue weighted by Gasteiger charge is 2.28. The maximum absolute atomic E-state index is 12.6. The van der Waals surface area contributed by atoms with Crippen LogP contribution in [0.25, 0.3) is 0 Å². The summed E-state index contributed by atoms with van der Waals surface area (Å²) in [5.41, 5.74) is 3.40. The molecule has 27 heavy (non-hydrogen) atoms. The molecular weight excluding hydrogens is 362 g/mol. The monoisotopic (exact) mass is 377 g/mol. The molecule has 5 heteroatoms. The minimum atomic E-state index is -0.366. The number of benzene rings is 3. The summed E-state index contributed by atoms with van der Waals surface area (Å²) >= 11 is 5.87. The first-order valence-electron chi connectivity index (χ1n) is 8.56. The Hall–Kier alpha value is -3.11. The van der Waals surface area contributed by atoms with Crippen molar-refractivity contribution in [2.75, 3.05) is 5.32 Å². The first-order chi connectivity index (χ1) is 13.1. The highest BCUT2D eigenvalue weighted by Crippen LogP contribution is 2.31. The van der Waals surface area contributed by atoms with Crippen molar-refractivity contribution in [2.45, 2.75) is 12.5 Å². The summed E-state index contributed by atoms with van der Waals surface area (Å²) in [4.78, 5) is 24.9. The lowest BCUT2D eigenvalue weighted by Gasteiger charge is -2.25. The van der Waals surface area contributed by atoms with Crippen LogP contribution in [0, 0.1) is 0 Å². The summed E-state index contributed by atoms with van der Waals surface area (Å²) in [5.74, 6) is -0.606. The first-order valence-corrected chi connectivity index (χ1v) is 8.94. The van der Waals surface area contributed by atoms with Crippen LogP contribution in [0.5, 0.6) is 0 Å². The van der Waals surface area contributed by atoms with Gasteiger partial charge in [0.15, 0.2) is 0 Å². The number of nitrogens with one attached hydrogen (secondary N) is 1. The molecule has 1 atom stereocenters. The standard InChI is InChI=1S/C22H16ClNO3/c23-17-7-9-18(10-8-17)24-21(25)15-6-11-19-16(12-15)13-20(27-22(19)26)14-4-2-1-3-5-14/h1-12,20H,13H2,(H,24,25). The third-order valence-corrected chi connectivity index (χ3v) is 4.77. The van der Waals surface area contributed by atoms with Crippen molar-refractivity contribution in [3.05, 3.63) is 100 Å². The number of esters is 1. The van der Waals surface area contributed by atoms with Crippen molar-refractivity contribution in [1.29, 1.82) is 0 Å². The van der Waals surface area contributed by atoms with Crippen molar-refractivity contribution in [1.82, 2.24) is 0 Å². The van der Waals surface area contributed by atoms with Crippen LogP contribution in [0.4, 0.5) is 5.69 Å². The number of hydrogen-bond acceptors (Lipinski definition) is 3. The molecular formula is C22H16ClNO3. The number of amides is 1. The maximum Gasteiger partial charge on any atom is 0.339 e. The summed E-state index contributed by atoms with van der Waals surface area (Å²) in [5, 5.41) is 3.44. The van der Waals surface area contributed by atoms with Crippen molar-refractivity contribution in [2.24, 2.45) is 0 Å². The molecule has 4 rings (SSSR count). The molecule has 134 valence electrons. The van der Waals surface area contributed by atoms with Gasteiger partial charge in [0.2, 0.25) is 0 Å². The van der Waals surface area contributed by atoms with E-state index in [4.69, 9.17) is 16.3 Å². The van der Waals surface area contributed by atoms with E-state index in [1.165, 1.54) is 0 Å². The van der Waals surface area contributed by atoms with Gasteiger partial charge < -0.3 is 10.1 Å². The molecule has 1 unspecified atom stereocenters. The number of fused-ring (bicyclic) bond motifs is 1. The summed E-state index contributed by atoms with van der Waals surface area (Å²) < 4.78 is 5.55. The molecule has 0 aromatic heterocycles. The van der Waals surface area contributed by atoms with E-state index in [-0.39, 0.29) is 18.0 Å². The second kappa shape index (κ2) is 7.25. The molecule has 1 heterocycles. The largest absolute Gasteiger partial charge is 0.454 e. The van der Waals surface area contributed by atoms with E-state index in [1.54, 1.807) is 42.5 Å². The maximum atomic E-state index is 12.6. The quantitative estimate of drug-likeness (QED) is 0.650. The fourth-order valence-corrected chi connectivity index (χ4v) is 3.25. The van der Waals surface area contributed by atoms with Crippen LogP contribution < -0.4 is 5.32 Å². The van der Waals surface area contributed by atoms with Gasteiger partial charge in [0.1, 0.15) is 6.10 Å². The number of cyclic esters (lactones) is 1. The molecule has 1 aliphatic heterocycles. The Balaban J connectivity index is 1.58. The molecule has 3 aromatic rings. The highest BCUT2D eigenvalue weighted by molar-refractivity contribution is 6.30. The van der Waals surface area contributed by atoms with Crippen LogP contribution in [0.3, 0.4) is 0 Å². The predicted octanol–water partition coefficient (Wildman–Crippen LogP) is 5.05. The zero-order valence-corrected chi connectivity index (χ0v) is 15.1. The van der Waals surface area contributed by atoms with Crippen LogP contribution in [0.1, 0.15) is 37.9 Å². The van der Waals surface area contributed by atoms with Gasteiger partial charge in [-0.25, -0.2) is 4.79 Å². The molecule has 1 amide bonds. The zero-order valence-electron chi connectivity index (χ0n) is 14.3. The third kappa shape index (κ3) is 3.71. The van der Waals surface area contributed by atoms with Crippen LogP contribution in [-0.2, 0) is 11.2 Å². The normalized spacial score (nSPS) is 15.6. The second-order valence-electron chi connectivity index (χ2n) is 6.34. The lowest BCUT2D eigenvalue weighted by atomic mass is 9.93. The average molecular weight is 378 g/mol. The minimum absolute atomic E-state index is 0.240. The summed E-state index contributed by atoms with van der Waals surface area (Å²) in [7, 11) is 0. The van der Waals surface area contributed by atoms with Crippen LogP contribution >= 0.6 is 11.6 Å². The van der Waals surface area contributed by atoms with Crippen molar-refractivity contribution < 1.29 is 14.3 Å². The molecule has 1 aliphatic rings. The number of carbonyl (C=O) groups is 2. The first kappa shape index (κ1) is 17.3. The summed E-state index contributed by atoms with van der Waals surface area (Å²) in [6.45, 7) is 0. The Labute approximate surface area is 161 Å². The van der Waals surface area contributed by atoms with E-state index < -0.39 is 0 Å². The van der Waals surface area contributed by atoms with Crippen LogP contribution in [-0.4, -0.2) is 11.9 Å². The lowest BCUT2D eigenvalue weighted by molar-refractivity contribution is 0.0252. The van der Waals surface area contributed by atoms with Crippen LogP contribution in [0.15, 0.2) is 72.8 Å². The SMILES string of the molecule is O=C(Nc1ccc(Cl)cc1)c1ccc2c(c1)CC(c1ccccc1)OC2=O. The molecule has 3 aromatic carbocycles. The number of hydrogen-bond donors (Lipinski definition) is 1. The fourth-order valence-electron chi connectivity index (χ4n) is 3.13. The summed E-state index contributed by atoms with van der Waals surface area (Å²) in [6.07, 6.45) is 0.188. The molecule has 1 N–H and O–H groups in total. The zero-order chi connectivity index (χ0) is 18.8. The van der Waals surface area contributed by atoms with E-state index in [0.29, 0.717) is 28.3 Å². The van der Waals surface area contributed by atoms with E-state index >= 15 is 0 Å². The second-order valence-corrected chi connectivity index (χ2v) is 6.78. The summed E-state index contributed by atoms with van der Waals surface area (Å²) in [6, 6.07) is 21.5. The van der Waals surface area contributed by atoms with Gasteiger partial charge >= 0.3 is 5.97 Å². The van der Waals surface area contributed by atoms with Crippen molar-refractivity contribution in [3.63, 3.8) is 0 Å². The predicted molar refractivity (Wildman–Crippen MR) is 104 cm³/mol. The van der Waals surface area contributed by atoms with E-state index in [9.17, 15) is 9.59 Å². The van der Waals surface area contributed by atoms with Crippen molar-refractivity contribution in [3.8, 4) is 0 Å². The Morgan fingerprint density at radius 1 is 1.00 bits per heavy atom. The molecule has 0 bridgehead atoms. The van der Waals surface area contributed by atoms with Gasteiger partial charge in [-0.3, -0.25) is 4.79 Å². The molecule has 0 saturated heterocycles. The van der Waals surface area contributed by atoms with Gasteiger partial charge in [-0.05, 0) is 53.6 Å². The molecule has 0 saturated carbocycles. The average Bonchev–Trinajstić information content (AvgIpc) is 2.70. The Kier molecular flexibility index (Phi) is 4.65. The molecule has 0 fully saturated rings. The van der Waals surface area contributed by atoms with E-state index in [2.05, 4.69) is 5.32 Å². The Morgan fingerprint density at radius 3 is 2.48 bits per heavy atom. The van der Waals surface area contributed by atoms with E-state index in [0.717, 1.165) is 11.1 Å². The minimum Gasteiger partial charge on any atom is -0.454 e. The fraction of sp³-hybridized carbons (Fsp3) is 0.0909. The number of rotatable bonds is 3. The van der Waals surface area contributed by atoms with Gasteiger partial charge in [0, 0.05) is 22.7 Å². The third-order valence-electron chi connectivity index (χ3n) is 4.52. The van der Waals surface area contributed by atoms with E-state index in [1.807, 2.05) is 30.3 Å². The lowest BCUT2D eigenvalue weighted by Crippen LogP contribution is -2.23. The van der Waals surface area contributed by atoms with Gasteiger partial charge in [-0.15, -0.1) is 0 Å². The van der Waals surface area contributed by atoms with Gasteiger partial charge in [-0.2, -0.15) is 0 Å². The van der Waals surface area contributed by atoms with Crippen LogP contribution in [0.2, 0.25) is 5.02 Å².